The number of halogens is 4. The van der Waals surface area contributed by atoms with Crippen LogP contribution in [0.3, 0.4) is 0 Å². The van der Waals surface area contributed by atoms with Gasteiger partial charge in [0.05, 0.1) is 48.9 Å². The van der Waals surface area contributed by atoms with E-state index in [0.29, 0.717) is 72.7 Å². The van der Waals surface area contributed by atoms with Crippen molar-refractivity contribution in [3.05, 3.63) is 112 Å². The number of aromatic nitrogens is 3. The molecule has 0 radical (unpaired) electrons. The summed E-state index contributed by atoms with van der Waals surface area (Å²) in [5.74, 6) is 0.890. The molecule has 6 fully saturated rings. The second-order valence-electron chi connectivity index (χ2n) is 19.7. The largest absolute Gasteiger partial charge is 0.497 e. The molecule has 418 valence electrons. The first-order valence-electron chi connectivity index (χ1n) is 25.0. The zero-order valence-corrected chi connectivity index (χ0v) is 47.2. The molecule has 0 bridgehead atoms. The summed E-state index contributed by atoms with van der Waals surface area (Å²) in [4.78, 5) is 81.8. The third-order valence-corrected chi connectivity index (χ3v) is 14.8. The number of amides is 8. The van der Waals surface area contributed by atoms with E-state index in [1.165, 1.54) is 28.1 Å². The van der Waals surface area contributed by atoms with Crippen LogP contribution < -0.4 is 35.3 Å². The number of hydrogen-bond donors (Lipinski definition) is 3. The number of anilines is 5. The Hall–Kier alpha value is -7.04. The van der Waals surface area contributed by atoms with Crippen LogP contribution in [0.1, 0.15) is 27.7 Å². The van der Waals surface area contributed by atoms with E-state index >= 15 is 0 Å². The van der Waals surface area contributed by atoms with Crippen molar-refractivity contribution < 1.29 is 61.7 Å². The fourth-order valence-corrected chi connectivity index (χ4v) is 9.05. The van der Waals surface area contributed by atoms with Crippen molar-refractivity contribution in [1.82, 2.24) is 30.1 Å². The van der Waals surface area contributed by atoms with Crippen molar-refractivity contribution in [3.63, 3.8) is 0 Å². The number of hydrogen-bond acceptors (Lipinski definition) is 14. The highest BCUT2D eigenvalue weighted by atomic mass is 79.9. The highest BCUT2D eigenvalue weighted by Crippen LogP contribution is 2.37. The number of aliphatic hydroxyl groups is 2. The minimum absolute atomic E-state index is 0.0137. The Kier molecular flexibility index (Phi) is 18.1. The van der Waals surface area contributed by atoms with Crippen LogP contribution in [0.15, 0.2) is 100 Å². The standard InChI is InChI=1S/C19H19FN4O4.C16H21BFNO5.C9H10BrN3O.C8H8BrN3O/c1-22-6-7-23(18(22)26)17-5-2-12(9-21-17)15-4-3-13(8-16(15)20)24-10-14(11-25)28-19(24)27;1-15(2)16(3,4)24-17(23-15)12-6-5-10(7-13(12)18)19-8-11(9-20)22-14(19)21;1-12-4-5-13(9(12)14)8-3-2-7(10)6-11-8;9-6-1-2-7(11-5-6)12-4-3-10-8(12)13/h2-5,8-9,14,25H,6-7,10-11H2,1H3;5-7,11,20H,8-9H2,1-4H3;2-3,6H,4-5H2,1H3;1-2,5H,3-4H2,(H,10,13)/t14-;11-;;/m11../s1. The van der Waals surface area contributed by atoms with Crippen LogP contribution in [0.25, 0.3) is 11.1 Å². The van der Waals surface area contributed by atoms with Crippen molar-refractivity contribution in [1.29, 1.82) is 0 Å². The molecule has 0 saturated carbocycles. The van der Waals surface area contributed by atoms with Gasteiger partial charge in [0.25, 0.3) is 0 Å². The van der Waals surface area contributed by atoms with E-state index in [4.69, 9.17) is 29.0 Å². The van der Waals surface area contributed by atoms with E-state index < -0.39 is 54.3 Å². The lowest BCUT2D eigenvalue weighted by molar-refractivity contribution is 0.00578. The summed E-state index contributed by atoms with van der Waals surface area (Å²) in [5, 5.41) is 20.9. The van der Waals surface area contributed by atoms with Crippen molar-refractivity contribution in [2.24, 2.45) is 0 Å². The van der Waals surface area contributed by atoms with Crippen LogP contribution in [0.4, 0.5) is 61.6 Å². The maximum atomic E-state index is 14.7. The first kappa shape index (κ1) is 58.1. The van der Waals surface area contributed by atoms with Crippen molar-refractivity contribution in [3.8, 4) is 11.1 Å². The number of aliphatic hydroxyl groups excluding tert-OH is 2. The summed E-state index contributed by atoms with van der Waals surface area (Å²) in [5.41, 5.74) is 0.782. The third-order valence-electron chi connectivity index (χ3n) is 13.8. The van der Waals surface area contributed by atoms with Crippen LogP contribution in [-0.2, 0) is 18.8 Å². The van der Waals surface area contributed by atoms with E-state index in [1.54, 1.807) is 87.4 Å². The monoisotopic (exact) mass is 1220 g/mol. The first-order chi connectivity index (χ1) is 37.6. The van der Waals surface area contributed by atoms with Gasteiger partial charge in [-0.1, -0.05) is 6.07 Å². The Morgan fingerprint density at radius 2 is 1.08 bits per heavy atom. The lowest BCUT2D eigenvalue weighted by Crippen LogP contribution is -2.41. The summed E-state index contributed by atoms with van der Waals surface area (Å²) in [6.45, 7) is 11.4. The number of urea groups is 3. The second kappa shape index (κ2) is 24.5. The molecule has 6 aliphatic heterocycles. The number of carbonyl (C=O) groups excluding carboxylic acids is 5. The van der Waals surface area contributed by atoms with E-state index in [-0.39, 0.29) is 49.9 Å². The molecule has 0 unspecified atom stereocenters. The van der Waals surface area contributed by atoms with E-state index in [0.717, 1.165) is 15.5 Å². The summed E-state index contributed by atoms with van der Waals surface area (Å²) < 4.78 is 52.7. The van der Waals surface area contributed by atoms with Crippen LogP contribution in [-0.4, -0.2) is 175 Å². The molecular weight excluding hydrogens is 1160 g/mol. The zero-order chi connectivity index (χ0) is 56.9. The van der Waals surface area contributed by atoms with Gasteiger partial charge < -0.3 is 44.1 Å². The molecule has 0 aliphatic carbocycles. The van der Waals surface area contributed by atoms with Crippen LogP contribution in [0, 0.1) is 11.6 Å². The Morgan fingerprint density at radius 3 is 1.46 bits per heavy atom. The van der Waals surface area contributed by atoms with Crippen molar-refractivity contribution in [2.45, 2.75) is 51.1 Å². The van der Waals surface area contributed by atoms with Gasteiger partial charge in [0.15, 0.2) is 0 Å². The molecule has 8 amide bonds. The van der Waals surface area contributed by atoms with Gasteiger partial charge in [-0.2, -0.15) is 0 Å². The second-order valence-corrected chi connectivity index (χ2v) is 21.6. The average Bonchev–Trinajstić information content (AvgIpc) is 4.35. The number of rotatable bonds is 9. The summed E-state index contributed by atoms with van der Waals surface area (Å²) in [6.07, 6.45) is 2.48. The fraction of sp³-hybridized carbons (Fsp3) is 0.385. The molecule has 22 nitrogen and oxygen atoms in total. The number of carbonyl (C=O) groups is 5. The molecule has 2 aromatic carbocycles. The Bertz CT molecular complexity index is 3030. The molecule has 5 aromatic rings. The number of ether oxygens (including phenoxy) is 2. The smallest absolute Gasteiger partial charge is 0.441 e. The average molecular weight is 1220 g/mol. The molecule has 9 heterocycles. The van der Waals surface area contributed by atoms with Crippen molar-refractivity contribution in [2.75, 3.05) is 104 Å². The number of benzene rings is 2. The van der Waals surface area contributed by atoms with Gasteiger partial charge >= 0.3 is 37.4 Å². The predicted octanol–water partition coefficient (Wildman–Crippen LogP) is 6.61. The van der Waals surface area contributed by atoms with E-state index in [1.807, 2.05) is 52.0 Å². The minimum atomic E-state index is -0.806. The van der Waals surface area contributed by atoms with Crippen LogP contribution >= 0.6 is 31.9 Å². The first-order valence-corrected chi connectivity index (χ1v) is 26.6. The van der Waals surface area contributed by atoms with Gasteiger partial charge in [-0.25, -0.2) is 47.7 Å². The highest BCUT2D eigenvalue weighted by molar-refractivity contribution is 9.10. The number of likely N-dealkylation sites (N-methyl/N-ethyl adjacent to an activating group) is 2. The summed E-state index contributed by atoms with van der Waals surface area (Å²) in [7, 11) is 2.72. The van der Waals surface area contributed by atoms with E-state index in [2.05, 4.69) is 52.1 Å². The highest BCUT2D eigenvalue weighted by Gasteiger charge is 2.52. The molecule has 6 saturated heterocycles. The quantitative estimate of drug-likeness (QED) is 0.132. The normalized spacial score (nSPS) is 20.2. The Balaban J connectivity index is 0.000000146. The maximum Gasteiger partial charge on any atom is 0.497 e. The molecule has 11 rings (SSSR count). The van der Waals surface area contributed by atoms with Crippen molar-refractivity contribution >= 4 is 104 Å². The van der Waals surface area contributed by atoms with Gasteiger partial charge in [0.1, 0.15) is 41.3 Å². The molecule has 27 heteroatoms. The minimum Gasteiger partial charge on any atom is -0.441 e. The Labute approximate surface area is 471 Å². The molecule has 0 spiro atoms. The molecular formula is C52H58BBr2F2N11O11. The molecule has 3 aromatic heterocycles. The molecule has 3 N–H and O–H groups in total. The van der Waals surface area contributed by atoms with Gasteiger partial charge in [0, 0.05) is 97.5 Å². The lowest BCUT2D eigenvalue weighted by atomic mass is 9.78. The SMILES string of the molecule is CC1(C)OB(c2ccc(N3C[C@H](CO)OC3=O)cc2F)OC1(C)C.CN1CCN(c2ccc(-c3ccc(N4C[C@H](CO)OC4=O)cc3F)cn2)C1=O.CN1CCN(c2ccc(Br)cn2)C1=O.O=C1NCCN1c1ccc(Br)cn1. The van der Waals surface area contributed by atoms with Gasteiger partial charge in [-0.05, 0) is 126 Å². The summed E-state index contributed by atoms with van der Waals surface area (Å²) >= 11 is 6.59. The maximum absolute atomic E-state index is 14.7. The number of pyridine rings is 3. The molecule has 2 atom stereocenters. The number of nitrogens with one attached hydrogen (secondary N) is 1. The Morgan fingerprint density at radius 1 is 0.608 bits per heavy atom. The fourth-order valence-electron chi connectivity index (χ4n) is 8.58. The molecule has 6 aliphatic rings. The van der Waals surface area contributed by atoms with Gasteiger partial charge in [-0.15, -0.1) is 0 Å². The topological polar surface area (TPSA) is 236 Å². The number of cyclic esters (lactones) is 2. The molecule has 79 heavy (non-hydrogen) atoms. The number of nitrogens with zero attached hydrogens (tertiary/aromatic N) is 10. The van der Waals surface area contributed by atoms with Gasteiger partial charge in [-0.3, -0.25) is 24.5 Å². The van der Waals surface area contributed by atoms with E-state index in [9.17, 15) is 32.8 Å². The summed E-state index contributed by atoms with van der Waals surface area (Å²) in [6, 6.07) is 19.5. The zero-order valence-electron chi connectivity index (χ0n) is 44.0. The predicted molar refractivity (Wildman–Crippen MR) is 297 cm³/mol. The van der Waals surface area contributed by atoms with Crippen LogP contribution in [0.5, 0.6) is 0 Å². The lowest BCUT2D eigenvalue weighted by Gasteiger charge is -2.32. The van der Waals surface area contributed by atoms with Gasteiger partial charge in [0.2, 0.25) is 0 Å². The van der Waals surface area contributed by atoms with Crippen LogP contribution in [0.2, 0.25) is 0 Å². The third kappa shape index (κ3) is 13.2.